The van der Waals surface area contributed by atoms with Crippen molar-refractivity contribution in [1.29, 1.82) is 0 Å². The molecule has 112 valence electrons. The summed E-state index contributed by atoms with van der Waals surface area (Å²) >= 11 is 5.73. The maximum atomic E-state index is 13.7. The summed E-state index contributed by atoms with van der Waals surface area (Å²) < 4.78 is 36.5. The van der Waals surface area contributed by atoms with E-state index in [1.807, 2.05) is 5.32 Å². The smallest absolute Gasteiger partial charge is 0.408 e. The van der Waals surface area contributed by atoms with Gasteiger partial charge in [-0.3, -0.25) is 0 Å². The summed E-state index contributed by atoms with van der Waals surface area (Å²) in [6.07, 6.45) is -0.945. The molecule has 2 N–H and O–H groups in total. The van der Waals surface area contributed by atoms with Gasteiger partial charge in [-0.15, -0.1) is 12.4 Å². The SMILES string of the molecule is COc1cc([C@@H]2NC(=O)OCC2(F)F)cc(Cl)c1O.Cl. The molecular weight excluding hydrogens is 319 g/mol. The van der Waals surface area contributed by atoms with E-state index in [0.717, 1.165) is 6.07 Å². The molecule has 1 amide bonds. The van der Waals surface area contributed by atoms with Crippen molar-refractivity contribution in [3.8, 4) is 11.5 Å². The van der Waals surface area contributed by atoms with Crippen LogP contribution in [0.2, 0.25) is 5.02 Å². The highest BCUT2D eigenvalue weighted by molar-refractivity contribution is 6.32. The first kappa shape index (κ1) is 16.6. The normalized spacial score (nSPS) is 20.4. The molecule has 1 aliphatic heterocycles. The van der Waals surface area contributed by atoms with Crippen molar-refractivity contribution in [2.24, 2.45) is 0 Å². The number of carbonyl (C=O) groups excluding carboxylic acids is 1. The van der Waals surface area contributed by atoms with Crippen LogP contribution >= 0.6 is 24.0 Å². The van der Waals surface area contributed by atoms with Crippen LogP contribution in [0.15, 0.2) is 12.1 Å². The summed E-state index contributed by atoms with van der Waals surface area (Å²) in [5, 5.41) is 11.4. The van der Waals surface area contributed by atoms with E-state index in [1.54, 1.807) is 0 Å². The second kappa shape index (κ2) is 5.88. The predicted molar refractivity (Wildman–Crippen MR) is 69.1 cm³/mol. The van der Waals surface area contributed by atoms with E-state index in [2.05, 4.69) is 4.74 Å². The highest BCUT2D eigenvalue weighted by Gasteiger charge is 2.47. The quantitative estimate of drug-likeness (QED) is 0.875. The largest absolute Gasteiger partial charge is 0.503 e. The summed E-state index contributed by atoms with van der Waals surface area (Å²) in [5.41, 5.74) is 0.0151. The van der Waals surface area contributed by atoms with Gasteiger partial charge in [-0.1, -0.05) is 11.6 Å². The van der Waals surface area contributed by atoms with Crippen LogP contribution in [0.5, 0.6) is 11.5 Å². The number of amides is 1. The zero-order valence-electron chi connectivity index (χ0n) is 10.2. The van der Waals surface area contributed by atoms with E-state index in [-0.39, 0.29) is 34.5 Å². The zero-order chi connectivity index (χ0) is 14.2. The van der Waals surface area contributed by atoms with Crippen molar-refractivity contribution < 1.29 is 28.2 Å². The highest BCUT2D eigenvalue weighted by atomic mass is 35.5. The summed E-state index contributed by atoms with van der Waals surface area (Å²) in [6, 6.07) is 0.732. The Bertz CT molecular complexity index is 527. The summed E-state index contributed by atoms with van der Waals surface area (Å²) in [7, 11) is 1.26. The van der Waals surface area contributed by atoms with E-state index < -0.39 is 24.7 Å². The number of phenolic OH excluding ortho intramolecular Hbond substituents is 1. The molecule has 0 unspecified atom stereocenters. The molecule has 0 saturated carbocycles. The van der Waals surface area contributed by atoms with Crippen molar-refractivity contribution in [1.82, 2.24) is 5.32 Å². The Hall–Kier alpha value is -1.47. The minimum Gasteiger partial charge on any atom is -0.503 e. The minimum atomic E-state index is -3.29. The van der Waals surface area contributed by atoms with E-state index in [4.69, 9.17) is 16.3 Å². The fourth-order valence-electron chi connectivity index (χ4n) is 1.75. The van der Waals surface area contributed by atoms with Crippen molar-refractivity contribution in [2.75, 3.05) is 13.7 Å². The molecule has 1 fully saturated rings. The van der Waals surface area contributed by atoms with Crippen LogP contribution in [0.4, 0.5) is 13.6 Å². The molecule has 0 bridgehead atoms. The Labute approximate surface area is 124 Å². The van der Waals surface area contributed by atoms with Gasteiger partial charge in [0.15, 0.2) is 18.1 Å². The van der Waals surface area contributed by atoms with Crippen molar-refractivity contribution >= 4 is 30.1 Å². The standard InChI is InChI=1S/C11H10ClF2NO4.ClH/c1-18-7-3-5(2-6(12)8(7)16)9-11(13,14)4-19-10(17)15-9;/h2-3,9,16H,4H2,1H3,(H,15,17);1H/t9-;/m0./s1. The second-order valence-corrected chi connectivity index (χ2v) is 4.38. The van der Waals surface area contributed by atoms with Crippen LogP contribution in [0, 0.1) is 0 Å². The molecule has 1 saturated heterocycles. The molecule has 1 aromatic rings. The van der Waals surface area contributed by atoms with Gasteiger partial charge in [0, 0.05) is 0 Å². The number of cyclic esters (lactones) is 1. The van der Waals surface area contributed by atoms with Gasteiger partial charge in [0.05, 0.1) is 12.1 Å². The van der Waals surface area contributed by atoms with Gasteiger partial charge in [-0.2, -0.15) is 0 Å². The molecular formula is C11H11Cl2F2NO4. The van der Waals surface area contributed by atoms with Gasteiger partial charge in [0.1, 0.15) is 6.04 Å². The number of aromatic hydroxyl groups is 1. The maximum absolute atomic E-state index is 13.7. The van der Waals surface area contributed by atoms with Gasteiger partial charge in [-0.25, -0.2) is 13.6 Å². The Morgan fingerprint density at radius 1 is 1.55 bits per heavy atom. The molecule has 1 atom stereocenters. The number of ether oxygens (including phenoxy) is 2. The average Bonchev–Trinajstić information content (AvgIpc) is 2.35. The van der Waals surface area contributed by atoms with Gasteiger partial charge in [-0.05, 0) is 17.7 Å². The van der Waals surface area contributed by atoms with Gasteiger partial charge >= 0.3 is 12.0 Å². The lowest BCUT2D eigenvalue weighted by Crippen LogP contribution is -2.49. The molecule has 20 heavy (non-hydrogen) atoms. The van der Waals surface area contributed by atoms with Crippen LogP contribution in [0.25, 0.3) is 0 Å². The first-order valence-electron chi connectivity index (χ1n) is 5.22. The number of phenols is 1. The van der Waals surface area contributed by atoms with Gasteiger partial charge < -0.3 is 19.9 Å². The number of carbonyl (C=O) groups is 1. The molecule has 9 heteroatoms. The Balaban J connectivity index is 0.00000200. The van der Waals surface area contributed by atoms with E-state index in [0.29, 0.717) is 0 Å². The van der Waals surface area contributed by atoms with Crippen LogP contribution < -0.4 is 10.1 Å². The molecule has 1 aromatic carbocycles. The molecule has 0 radical (unpaired) electrons. The van der Waals surface area contributed by atoms with Crippen molar-refractivity contribution in [3.63, 3.8) is 0 Å². The maximum Gasteiger partial charge on any atom is 0.408 e. The number of methoxy groups -OCH3 is 1. The molecule has 0 aliphatic carbocycles. The first-order chi connectivity index (χ1) is 8.85. The number of hydrogen-bond acceptors (Lipinski definition) is 4. The summed E-state index contributed by atoms with van der Waals surface area (Å²) in [5.74, 6) is -3.70. The van der Waals surface area contributed by atoms with Crippen LogP contribution in [-0.4, -0.2) is 30.8 Å². The van der Waals surface area contributed by atoms with Crippen LogP contribution in [0.3, 0.4) is 0 Å². The van der Waals surface area contributed by atoms with Gasteiger partial charge in [0.2, 0.25) is 0 Å². The zero-order valence-corrected chi connectivity index (χ0v) is 11.7. The Kier molecular flexibility index (Phi) is 4.88. The molecule has 5 nitrogen and oxygen atoms in total. The number of nitrogens with one attached hydrogen (secondary N) is 1. The molecule has 2 rings (SSSR count). The topological polar surface area (TPSA) is 67.8 Å². The highest BCUT2D eigenvalue weighted by Crippen LogP contribution is 2.41. The second-order valence-electron chi connectivity index (χ2n) is 3.97. The number of hydrogen-bond donors (Lipinski definition) is 2. The lowest BCUT2D eigenvalue weighted by molar-refractivity contribution is -0.104. The van der Waals surface area contributed by atoms with E-state index >= 15 is 0 Å². The number of alkyl carbamates (subject to hydrolysis) is 1. The number of benzene rings is 1. The molecule has 1 heterocycles. The Morgan fingerprint density at radius 3 is 2.80 bits per heavy atom. The molecule has 0 spiro atoms. The van der Waals surface area contributed by atoms with Crippen LogP contribution in [0.1, 0.15) is 11.6 Å². The summed E-state index contributed by atoms with van der Waals surface area (Å²) in [6.45, 7) is -1.02. The fourth-order valence-corrected chi connectivity index (χ4v) is 1.97. The minimum absolute atomic E-state index is 0. The average molecular weight is 330 g/mol. The summed E-state index contributed by atoms with van der Waals surface area (Å²) in [4.78, 5) is 11.1. The van der Waals surface area contributed by atoms with E-state index in [1.165, 1.54) is 13.2 Å². The number of halogens is 4. The first-order valence-corrected chi connectivity index (χ1v) is 5.60. The third-order valence-corrected chi connectivity index (χ3v) is 2.97. The number of alkyl halides is 2. The monoisotopic (exact) mass is 329 g/mol. The van der Waals surface area contributed by atoms with Gasteiger partial charge in [0.25, 0.3) is 0 Å². The fraction of sp³-hybridized carbons (Fsp3) is 0.364. The molecule has 0 aromatic heterocycles. The van der Waals surface area contributed by atoms with Crippen molar-refractivity contribution in [2.45, 2.75) is 12.0 Å². The lowest BCUT2D eigenvalue weighted by Gasteiger charge is -2.32. The van der Waals surface area contributed by atoms with Crippen LogP contribution in [-0.2, 0) is 4.74 Å². The lowest BCUT2D eigenvalue weighted by atomic mass is 9.99. The van der Waals surface area contributed by atoms with Crippen molar-refractivity contribution in [3.05, 3.63) is 22.7 Å². The number of rotatable bonds is 2. The van der Waals surface area contributed by atoms with E-state index in [9.17, 15) is 18.7 Å². The third-order valence-electron chi connectivity index (χ3n) is 2.68. The Morgan fingerprint density at radius 2 is 2.20 bits per heavy atom. The predicted octanol–water partition coefficient (Wildman–Crippen LogP) is 2.89. The third kappa shape index (κ3) is 2.99. The molecule has 1 aliphatic rings.